The van der Waals surface area contributed by atoms with Gasteiger partial charge in [-0.1, -0.05) is 18.2 Å². The van der Waals surface area contributed by atoms with E-state index in [9.17, 15) is 9.18 Å². The quantitative estimate of drug-likeness (QED) is 0.738. The molecule has 2 aliphatic rings. The van der Waals surface area contributed by atoms with Gasteiger partial charge < -0.3 is 14.7 Å². The lowest BCUT2D eigenvalue weighted by atomic mass is 10.1. The van der Waals surface area contributed by atoms with Crippen molar-refractivity contribution in [3.8, 4) is 0 Å². The van der Waals surface area contributed by atoms with Gasteiger partial charge in [0.1, 0.15) is 5.82 Å². The molecule has 0 aromatic heterocycles. The Morgan fingerprint density at radius 1 is 1.00 bits per heavy atom. The molecular formula is C22H24FN3OS. The van der Waals surface area contributed by atoms with Crippen molar-refractivity contribution in [3.05, 3.63) is 64.8 Å². The Kier molecular flexibility index (Phi) is 5.69. The van der Waals surface area contributed by atoms with Gasteiger partial charge in [-0.15, -0.1) is 11.8 Å². The first-order valence-electron chi connectivity index (χ1n) is 9.56. The molecule has 2 aliphatic heterocycles. The first-order chi connectivity index (χ1) is 13.6. The van der Waals surface area contributed by atoms with Crippen LogP contribution in [-0.4, -0.2) is 56.3 Å². The second-order valence-corrected chi connectivity index (χ2v) is 8.28. The van der Waals surface area contributed by atoms with Crippen LogP contribution in [0.5, 0.6) is 0 Å². The van der Waals surface area contributed by atoms with Crippen molar-refractivity contribution in [2.45, 2.75) is 0 Å². The molecule has 0 radical (unpaired) electrons. The van der Waals surface area contributed by atoms with E-state index in [0.29, 0.717) is 11.4 Å². The summed E-state index contributed by atoms with van der Waals surface area (Å²) in [4.78, 5) is 20.1. The SMILES string of the molecule is CN1CCN(c2ccc(F)cc2C=C2SCCN(c3ccccc3)C2=O)CC1. The summed E-state index contributed by atoms with van der Waals surface area (Å²) in [6.45, 7) is 4.43. The fraction of sp³-hybridized carbons (Fsp3) is 0.318. The molecule has 2 aromatic rings. The maximum atomic E-state index is 14.0. The topological polar surface area (TPSA) is 26.8 Å². The monoisotopic (exact) mass is 397 g/mol. The summed E-state index contributed by atoms with van der Waals surface area (Å²) in [5.74, 6) is 0.528. The Morgan fingerprint density at radius 2 is 1.75 bits per heavy atom. The number of rotatable bonds is 3. The number of thioether (sulfide) groups is 1. The molecule has 4 nitrogen and oxygen atoms in total. The summed E-state index contributed by atoms with van der Waals surface area (Å²) in [5, 5.41) is 0. The zero-order valence-corrected chi connectivity index (χ0v) is 16.8. The van der Waals surface area contributed by atoms with Crippen LogP contribution in [0, 0.1) is 5.82 Å². The molecule has 1 amide bonds. The molecule has 28 heavy (non-hydrogen) atoms. The van der Waals surface area contributed by atoms with Crippen molar-refractivity contribution in [3.63, 3.8) is 0 Å². The average Bonchev–Trinajstić information content (AvgIpc) is 2.71. The van der Waals surface area contributed by atoms with E-state index in [1.165, 1.54) is 12.1 Å². The van der Waals surface area contributed by atoms with Crippen LogP contribution in [-0.2, 0) is 4.79 Å². The smallest absolute Gasteiger partial charge is 0.264 e. The minimum absolute atomic E-state index is 0.0176. The van der Waals surface area contributed by atoms with E-state index in [1.54, 1.807) is 16.7 Å². The number of hydrogen-bond acceptors (Lipinski definition) is 4. The predicted molar refractivity (Wildman–Crippen MR) is 115 cm³/mol. The highest BCUT2D eigenvalue weighted by Crippen LogP contribution is 2.32. The summed E-state index contributed by atoms with van der Waals surface area (Å²) < 4.78 is 14.0. The Bertz CT molecular complexity index is 879. The molecule has 2 fully saturated rings. The van der Waals surface area contributed by atoms with Gasteiger partial charge in [-0.25, -0.2) is 4.39 Å². The third kappa shape index (κ3) is 4.08. The van der Waals surface area contributed by atoms with Crippen LogP contribution < -0.4 is 9.80 Å². The van der Waals surface area contributed by atoms with E-state index in [-0.39, 0.29) is 11.7 Å². The van der Waals surface area contributed by atoms with Crippen molar-refractivity contribution < 1.29 is 9.18 Å². The number of carbonyl (C=O) groups is 1. The molecule has 2 heterocycles. The molecule has 4 rings (SSSR count). The number of benzene rings is 2. The first kappa shape index (κ1) is 19.0. The molecule has 2 saturated heterocycles. The number of likely N-dealkylation sites (N-methyl/N-ethyl adjacent to an activating group) is 1. The average molecular weight is 398 g/mol. The standard InChI is InChI=1S/C22H24FN3OS/c1-24-9-11-25(12-10-24)20-8-7-18(23)15-17(20)16-21-22(27)26(13-14-28-21)19-5-3-2-4-6-19/h2-8,15-16H,9-14H2,1H3. The molecule has 2 aromatic carbocycles. The number of amides is 1. The van der Waals surface area contributed by atoms with E-state index in [0.717, 1.165) is 48.9 Å². The van der Waals surface area contributed by atoms with Crippen molar-refractivity contribution in [2.75, 3.05) is 55.3 Å². The van der Waals surface area contributed by atoms with Crippen molar-refractivity contribution in [1.29, 1.82) is 0 Å². The fourth-order valence-electron chi connectivity index (χ4n) is 3.62. The minimum Gasteiger partial charge on any atom is -0.368 e. The van der Waals surface area contributed by atoms with E-state index in [2.05, 4.69) is 16.8 Å². The number of nitrogens with zero attached hydrogens (tertiary/aromatic N) is 3. The van der Waals surface area contributed by atoms with Crippen molar-refractivity contribution in [1.82, 2.24) is 4.90 Å². The minimum atomic E-state index is -0.280. The number of piperazine rings is 1. The molecule has 0 atom stereocenters. The van der Waals surface area contributed by atoms with Gasteiger partial charge in [0, 0.05) is 55.4 Å². The molecule has 0 spiro atoms. The first-order valence-corrected chi connectivity index (χ1v) is 10.5. The highest BCUT2D eigenvalue weighted by atomic mass is 32.2. The van der Waals surface area contributed by atoms with Crippen molar-refractivity contribution in [2.24, 2.45) is 0 Å². The van der Waals surface area contributed by atoms with Crippen molar-refractivity contribution >= 4 is 35.1 Å². The van der Waals surface area contributed by atoms with Crippen LogP contribution in [0.25, 0.3) is 6.08 Å². The summed E-state index contributed by atoms with van der Waals surface area (Å²) in [7, 11) is 2.11. The van der Waals surface area contributed by atoms with Crippen LogP contribution >= 0.6 is 11.8 Å². The zero-order chi connectivity index (χ0) is 19.5. The Morgan fingerprint density at radius 3 is 2.50 bits per heavy atom. The third-order valence-corrected chi connectivity index (χ3v) is 6.21. The number of para-hydroxylation sites is 1. The second-order valence-electron chi connectivity index (χ2n) is 7.14. The predicted octanol–water partition coefficient (Wildman–Crippen LogP) is 3.70. The number of halogens is 1. The molecule has 0 unspecified atom stereocenters. The van der Waals surface area contributed by atoms with Gasteiger partial charge in [-0.2, -0.15) is 0 Å². The zero-order valence-electron chi connectivity index (χ0n) is 16.0. The van der Waals surface area contributed by atoms with Gasteiger partial charge >= 0.3 is 0 Å². The maximum Gasteiger partial charge on any atom is 0.264 e. The largest absolute Gasteiger partial charge is 0.368 e. The molecule has 146 valence electrons. The van der Waals surface area contributed by atoms with E-state index in [1.807, 2.05) is 42.5 Å². The van der Waals surface area contributed by atoms with Gasteiger partial charge in [0.2, 0.25) is 0 Å². The Hall–Kier alpha value is -2.31. The van der Waals surface area contributed by atoms with Crippen LogP contribution in [0.15, 0.2) is 53.4 Å². The molecule has 0 bridgehead atoms. The van der Waals surface area contributed by atoms with Crippen LogP contribution in [0.2, 0.25) is 0 Å². The second kappa shape index (κ2) is 8.37. The molecule has 0 aliphatic carbocycles. The van der Waals surface area contributed by atoms with Crippen LogP contribution in [0.4, 0.5) is 15.8 Å². The Labute approximate surface area is 169 Å². The van der Waals surface area contributed by atoms with E-state index >= 15 is 0 Å². The van der Waals surface area contributed by atoms with E-state index in [4.69, 9.17) is 0 Å². The fourth-order valence-corrected chi connectivity index (χ4v) is 4.56. The third-order valence-electron chi connectivity index (χ3n) is 5.22. The summed E-state index contributed by atoms with van der Waals surface area (Å²) >= 11 is 1.55. The lowest BCUT2D eigenvalue weighted by molar-refractivity contribution is -0.114. The molecule has 6 heteroatoms. The summed E-state index contributed by atoms with van der Waals surface area (Å²) in [6.07, 6.45) is 1.86. The number of anilines is 2. The van der Waals surface area contributed by atoms with Gasteiger partial charge in [-0.05, 0) is 43.5 Å². The summed E-state index contributed by atoms with van der Waals surface area (Å²) in [5.41, 5.74) is 2.67. The van der Waals surface area contributed by atoms with Crippen LogP contribution in [0.3, 0.4) is 0 Å². The van der Waals surface area contributed by atoms with Gasteiger partial charge in [-0.3, -0.25) is 4.79 Å². The highest BCUT2D eigenvalue weighted by molar-refractivity contribution is 8.04. The van der Waals surface area contributed by atoms with Gasteiger partial charge in [0.15, 0.2) is 0 Å². The normalized spacial score (nSPS) is 20.1. The van der Waals surface area contributed by atoms with E-state index < -0.39 is 0 Å². The lowest BCUT2D eigenvalue weighted by Crippen LogP contribution is -2.44. The van der Waals surface area contributed by atoms with Gasteiger partial charge in [0.25, 0.3) is 5.91 Å². The Balaban J connectivity index is 1.64. The van der Waals surface area contributed by atoms with Gasteiger partial charge in [0.05, 0.1) is 4.91 Å². The number of carbonyl (C=O) groups excluding carboxylic acids is 1. The summed E-state index contributed by atoms with van der Waals surface area (Å²) in [6, 6.07) is 14.6. The molecule has 0 saturated carbocycles. The lowest BCUT2D eigenvalue weighted by Gasteiger charge is -2.35. The highest BCUT2D eigenvalue weighted by Gasteiger charge is 2.26. The maximum absolute atomic E-state index is 14.0. The molecule has 0 N–H and O–H groups in total. The number of hydrogen-bond donors (Lipinski definition) is 0. The van der Waals surface area contributed by atoms with Crippen LogP contribution in [0.1, 0.15) is 5.56 Å². The molecular weight excluding hydrogens is 373 g/mol.